The number of rotatable bonds is 14. The van der Waals surface area contributed by atoms with Crippen molar-refractivity contribution in [3.63, 3.8) is 0 Å². The zero-order chi connectivity index (χ0) is 25.1. The van der Waals surface area contributed by atoms with Crippen molar-refractivity contribution in [3.05, 3.63) is 60.2 Å². The molecule has 0 bridgehead atoms. The smallest absolute Gasteiger partial charge is 0.293 e. The van der Waals surface area contributed by atoms with Crippen molar-refractivity contribution < 1.29 is 28.4 Å². The molecule has 2 N–H and O–H groups in total. The Hall–Kier alpha value is -2.75. The van der Waals surface area contributed by atoms with E-state index in [9.17, 15) is 18.9 Å². The van der Waals surface area contributed by atoms with Crippen LogP contribution in [0.15, 0.2) is 59.5 Å². The van der Waals surface area contributed by atoms with Crippen molar-refractivity contribution >= 4 is 23.4 Å². The molecule has 8 nitrogen and oxygen atoms in total. The third-order valence-electron chi connectivity index (χ3n) is 5.16. The van der Waals surface area contributed by atoms with Crippen LogP contribution in [0.1, 0.15) is 26.3 Å². The Morgan fingerprint density at radius 3 is 2.44 bits per heavy atom. The predicted octanol–water partition coefficient (Wildman–Crippen LogP) is 2.33. The van der Waals surface area contributed by atoms with E-state index in [1.54, 1.807) is 35.7 Å². The summed E-state index contributed by atoms with van der Waals surface area (Å²) in [6.07, 6.45) is -1.69. The van der Waals surface area contributed by atoms with E-state index >= 15 is 0 Å². The van der Waals surface area contributed by atoms with Gasteiger partial charge in [0.25, 0.3) is 12.4 Å². The molecule has 2 rings (SSSR count). The molecule has 0 aromatic heterocycles. The molecule has 0 saturated heterocycles. The average molecular weight is 491 g/mol. The van der Waals surface area contributed by atoms with Gasteiger partial charge in [-0.3, -0.25) is 9.59 Å². The monoisotopic (exact) mass is 490 g/mol. The van der Waals surface area contributed by atoms with Gasteiger partial charge in [0.2, 0.25) is 0 Å². The van der Waals surface area contributed by atoms with Crippen LogP contribution >= 0.6 is 0 Å². The third kappa shape index (κ3) is 8.55. The van der Waals surface area contributed by atoms with Crippen LogP contribution < -0.4 is 10.1 Å². The lowest BCUT2D eigenvalue weighted by atomic mass is 10.0. The summed E-state index contributed by atoms with van der Waals surface area (Å²) in [6, 6.07) is 15.7. The van der Waals surface area contributed by atoms with Crippen molar-refractivity contribution in [1.82, 2.24) is 9.62 Å². The standard InChI is InChI=1S/C25H34N2O6S/c1-18(2)15-27(34(31)22-12-8-11-21(14-22)32-4)16-24(29)23(13-20-9-6-5-7-10-20)26-25(30)19(3)33-17-28/h5-12,14,17-19,23-24,29H,13,15-16H2,1-4H3,(H,26,30). The molecular formula is C25H34N2O6S. The Bertz CT molecular complexity index is 940. The number of benzene rings is 2. The maximum absolute atomic E-state index is 13.4. The average Bonchev–Trinajstić information content (AvgIpc) is 2.83. The summed E-state index contributed by atoms with van der Waals surface area (Å²) >= 11 is 0. The highest BCUT2D eigenvalue weighted by Crippen LogP contribution is 2.20. The summed E-state index contributed by atoms with van der Waals surface area (Å²) in [5.41, 5.74) is 0.917. The van der Waals surface area contributed by atoms with E-state index in [1.807, 2.05) is 44.2 Å². The molecule has 1 amide bonds. The van der Waals surface area contributed by atoms with Crippen LogP contribution in [-0.2, 0) is 31.7 Å². The zero-order valence-corrected chi connectivity index (χ0v) is 20.9. The second-order valence-electron chi connectivity index (χ2n) is 8.42. The van der Waals surface area contributed by atoms with Crippen LogP contribution in [0.25, 0.3) is 0 Å². The number of hydrogen-bond donors (Lipinski definition) is 2. The number of carbonyl (C=O) groups is 2. The minimum Gasteiger partial charge on any atom is -0.497 e. The largest absolute Gasteiger partial charge is 0.497 e. The van der Waals surface area contributed by atoms with E-state index < -0.39 is 35.1 Å². The van der Waals surface area contributed by atoms with Gasteiger partial charge in [-0.05, 0) is 43.0 Å². The number of nitrogens with one attached hydrogen (secondary N) is 1. The van der Waals surface area contributed by atoms with Crippen molar-refractivity contribution in [3.8, 4) is 5.75 Å². The number of nitrogens with zero attached hydrogens (tertiary/aromatic N) is 1. The SMILES string of the molecule is COc1cccc(S(=O)N(CC(C)C)CC(O)C(Cc2ccccc2)NC(=O)C(C)OC=O)c1. The Morgan fingerprint density at radius 2 is 1.82 bits per heavy atom. The lowest BCUT2D eigenvalue weighted by molar-refractivity contribution is -0.144. The molecule has 186 valence electrons. The van der Waals surface area contributed by atoms with Gasteiger partial charge in [0.05, 0.1) is 24.2 Å². The molecule has 0 heterocycles. The first kappa shape index (κ1) is 27.5. The van der Waals surface area contributed by atoms with Gasteiger partial charge in [-0.2, -0.15) is 0 Å². The number of methoxy groups -OCH3 is 1. The van der Waals surface area contributed by atoms with Crippen molar-refractivity contribution in [2.24, 2.45) is 5.92 Å². The van der Waals surface area contributed by atoms with Gasteiger partial charge in [0.15, 0.2) is 6.10 Å². The summed E-state index contributed by atoms with van der Waals surface area (Å²) in [5, 5.41) is 14.0. The van der Waals surface area contributed by atoms with E-state index in [1.165, 1.54) is 6.92 Å². The Morgan fingerprint density at radius 1 is 1.12 bits per heavy atom. The minimum atomic E-state index is -1.55. The molecule has 0 aliphatic heterocycles. The first-order valence-corrected chi connectivity index (χ1v) is 12.3. The van der Waals surface area contributed by atoms with Crippen LogP contribution in [0.2, 0.25) is 0 Å². The fourth-order valence-electron chi connectivity index (χ4n) is 3.41. The molecular weight excluding hydrogens is 456 g/mol. The van der Waals surface area contributed by atoms with E-state index in [0.29, 0.717) is 23.6 Å². The maximum atomic E-state index is 13.4. The summed E-state index contributed by atoms with van der Waals surface area (Å²) in [4.78, 5) is 23.7. The number of ether oxygens (including phenoxy) is 2. The maximum Gasteiger partial charge on any atom is 0.293 e. The molecule has 0 aliphatic carbocycles. The second-order valence-corrected chi connectivity index (χ2v) is 9.90. The van der Waals surface area contributed by atoms with Gasteiger partial charge in [-0.25, -0.2) is 8.51 Å². The van der Waals surface area contributed by atoms with E-state index in [-0.39, 0.29) is 18.9 Å². The molecule has 9 heteroatoms. The third-order valence-corrected chi connectivity index (χ3v) is 6.58. The zero-order valence-electron chi connectivity index (χ0n) is 20.0. The van der Waals surface area contributed by atoms with Gasteiger partial charge < -0.3 is 19.9 Å². The van der Waals surface area contributed by atoms with Crippen LogP contribution in [0, 0.1) is 5.92 Å². The lowest BCUT2D eigenvalue weighted by Crippen LogP contribution is -2.52. The Labute approximate surface area is 203 Å². The molecule has 0 spiro atoms. The quantitative estimate of drug-likeness (QED) is 0.394. The topological polar surface area (TPSA) is 105 Å². The normalized spacial score (nSPS) is 14.8. The van der Waals surface area contributed by atoms with Gasteiger partial charge in [0.1, 0.15) is 16.7 Å². The van der Waals surface area contributed by atoms with Gasteiger partial charge in [0, 0.05) is 13.1 Å². The van der Waals surface area contributed by atoms with Crippen LogP contribution in [0.4, 0.5) is 0 Å². The first-order chi connectivity index (χ1) is 16.2. The number of aliphatic hydroxyl groups excluding tert-OH is 1. The highest BCUT2D eigenvalue weighted by molar-refractivity contribution is 7.82. The molecule has 4 unspecified atom stereocenters. The van der Waals surface area contributed by atoms with Crippen LogP contribution in [-0.4, -0.2) is 64.4 Å². The molecule has 0 saturated carbocycles. The van der Waals surface area contributed by atoms with Crippen molar-refractivity contribution in [2.75, 3.05) is 20.2 Å². The molecule has 0 radical (unpaired) electrons. The molecule has 2 aromatic rings. The van der Waals surface area contributed by atoms with Crippen molar-refractivity contribution in [1.29, 1.82) is 0 Å². The molecule has 0 aliphatic rings. The van der Waals surface area contributed by atoms with E-state index in [2.05, 4.69) is 5.32 Å². The highest BCUT2D eigenvalue weighted by Gasteiger charge is 2.29. The number of aliphatic hydroxyl groups is 1. The Kier molecular flexibility index (Phi) is 11.2. The summed E-state index contributed by atoms with van der Waals surface area (Å²) in [5.74, 6) is 0.260. The minimum absolute atomic E-state index is 0.0582. The highest BCUT2D eigenvalue weighted by atomic mass is 32.2. The van der Waals surface area contributed by atoms with Gasteiger partial charge >= 0.3 is 0 Å². The van der Waals surface area contributed by atoms with Crippen molar-refractivity contribution in [2.45, 2.75) is 50.3 Å². The van der Waals surface area contributed by atoms with Gasteiger partial charge in [-0.15, -0.1) is 0 Å². The van der Waals surface area contributed by atoms with Gasteiger partial charge in [-0.1, -0.05) is 50.2 Å². The lowest BCUT2D eigenvalue weighted by Gasteiger charge is -2.31. The number of hydrogen-bond acceptors (Lipinski definition) is 6. The fourth-order valence-corrected chi connectivity index (χ4v) is 4.84. The summed E-state index contributed by atoms with van der Waals surface area (Å²) in [6.45, 7) is 6.21. The fraction of sp³-hybridized carbons (Fsp3) is 0.440. The predicted molar refractivity (Wildman–Crippen MR) is 131 cm³/mol. The number of amides is 1. The number of carbonyl (C=O) groups excluding carboxylic acids is 2. The molecule has 34 heavy (non-hydrogen) atoms. The molecule has 2 aromatic carbocycles. The van der Waals surface area contributed by atoms with E-state index in [0.717, 1.165) is 5.56 Å². The van der Waals surface area contributed by atoms with Crippen LogP contribution in [0.5, 0.6) is 5.75 Å². The first-order valence-electron chi connectivity index (χ1n) is 11.2. The molecule has 0 fully saturated rings. The molecule has 4 atom stereocenters. The Balaban J connectivity index is 2.25. The summed E-state index contributed by atoms with van der Waals surface area (Å²) in [7, 11) is -0.00664. The van der Waals surface area contributed by atoms with E-state index in [4.69, 9.17) is 9.47 Å². The van der Waals surface area contributed by atoms with Crippen LogP contribution in [0.3, 0.4) is 0 Å². The second kappa shape index (κ2) is 13.8. The summed E-state index contributed by atoms with van der Waals surface area (Å²) < 4.78 is 25.1.